The molecule has 1 aromatic heterocycles. The molecule has 0 fully saturated rings. The highest BCUT2D eigenvalue weighted by Crippen LogP contribution is 2.38. The third kappa shape index (κ3) is 6.07. The van der Waals surface area contributed by atoms with Crippen LogP contribution >= 0.6 is 0 Å². The Balaban J connectivity index is 1.07. The lowest BCUT2D eigenvalue weighted by molar-refractivity contribution is 1.08. The summed E-state index contributed by atoms with van der Waals surface area (Å²) in [7, 11) is 0. The van der Waals surface area contributed by atoms with Gasteiger partial charge in [0, 0.05) is 16.7 Å². The fraction of sp³-hybridized carbons (Fsp3) is 0. The zero-order chi connectivity index (χ0) is 38.4. The lowest BCUT2D eigenvalue weighted by atomic mass is 9.94. The van der Waals surface area contributed by atoms with E-state index in [-0.39, 0.29) is 0 Å². The molecule has 0 saturated carbocycles. The second kappa shape index (κ2) is 14.1. The van der Waals surface area contributed by atoms with Crippen LogP contribution in [0.15, 0.2) is 212 Å². The molecule has 0 saturated heterocycles. The van der Waals surface area contributed by atoms with Crippen LogP contribution < -0.4 is 0 Å². The molecule has 0 aliphatic carbocycles. The molecule has 1 heterocycles. The van der Waals surface area contributed by atoms with Crippen molar-refractivity contribution >= 4 is 43.1 Å². The molecule has 0 radical (unpaired) electrons. The molecule has 0 unspecified atom stereocenters. The van der Waals surface area contributed by atoms with Gasteiger partial charge >= 0.3 is 0 Å². The van der Waals surface area contributed by atoms with Gasteiger partial charge in [-0.2, -0.15) is 0 Å². The van der Waals surface area contributed by atoms with Crippen LogP contribution in [0.2, 0.25) is 0 Å². The van der Waals surface area contributed by atoms with Crippen molar-refractivity contribution in [1.82, 2.24) is 15.0 Å². The third-order valence-electron chi connectivity index (χ3n) is 11.3. The van der Waals surface area contributed by atoms with Crippen molar-refractivity contribution in [3.05, 3.63) is 212 Å². The first-order chi connectivity index (χ1) is 28.7. The summed E-state index contributed by atoms with van der Waals surface area (Å²) < 4.78 is 0. The van der Waals surface area contributed by atoms with E-state index in [2.05, 4.69) is 212 Å². The van der Waals surface area contributed by atoms with Crippen molar-refractivity contribution in [3.8, 4) is 67.5 Å². The zero-order valence-electron chi connectivity index (χ0n) is 31.5. The van der Waals surface area contributed by atoms with E-state index in [0.717, 1.165) is 49.0 Å². The van der Waals surface area contributed by atoms with Crippen LogP contribution in [0.4, 0.5) is 0 Å². The molecule has 0 aliphatic rings. The maximum Gasteiger partial charge on any atom is 0.164 e. The van der Waals surface area contributed by atoms with Crippen LogP contribution in [0.1, 0.15) is 0 Å². The van der Waals surface area contributed by atoms with Gasteiger partial charge in [-0.15, -0.1) is 0 Å². The van der Waals surface area contributed by atoms with E-state index in [1.54, 1.807) is 0 Å². The van der Waals surface area contributed by atoms with E-state index in [0.29, 0.717) is 17.5 Å². The van der Waals surface area contributed by atoms with Gasteiger partial charge in [-0.1, -0.05) is 182 Å². The Bertz CT molecular complexity index is 3340. The van der Waals surface area contributed by atoms with Gasteiger partial charge in [0.25, 0.3) is 0 Å². The minimum Gasteiger partial charge on any atom is -0.208 e. The Labute approximate surface area is 336 Å². The summed E-state index contributed by atoms with van der Waals surface area (Å²) in [5.41, 5.74) is 9.97. The second-order valence-electron chi connectivity index (χ2n) is 14.8. The van der Waals surface area contributed by atoms with Gasteiger partial charge in [-0.05, 0) is 107 Å². The molecular weight excluding hydrogens is 703 g/mol. The summed E-state index contributed by atoms with van der Waals surface area (Å²) in [5, 5.41) is 9.24. The van der Waals surface area contributed by atoms with Crippen LogP contribution in [0.3, 0.4) is 0 Å². The Morgan fingerprint density at radius 2 is 0.655 bits per heavy atom. The van der Waals surface area contributed by atoms with Crippen LogP contribution in [0, 0.1) is 0 Å². The van der Waals surface area contributed by atoms with E-state index >= 15 is 0 Å². The first-order valence-electron chi connectivity index (χ1n) is 19.7. The number of hydrogen-bond donors (Lipinski definition) is 0. The fourth-order valence-electron chi connectivity index (χ4n) is 8.33. The lowest BCUT2D eigenvalue weighted by Crippen LogP contribution is -2.01. The Hall–Kier alpha value is -7.75. The van der Waals surface area contributed by atoms with Crippen molar-refractivity contribution in [2.24, 2.45) is 0 Å². The summed E-state index contributed by atoms with van der Waals surface area (Å²) in [5.74, 6) is 1.91. The number of hydrogen-bond acceptors (Lipinski definition) is 3. The molecular formula is C55H35N3. The van der Waals surface area contributed by atoms with Crippen LogP contribution in [-0.4, -0.2) is 15.0 Å². The minimum absolute atomic E-state index is 0.634. The molecule has 270 valence electrons. The maximum atomic E-state index is 5.29. The molecule has 0 spiro atoms. The number of benzene rings is 10. The normalized spacial score (nSPS) is 11.4. The molecule has 58 heavy (non-hydrogen) atoms. The SMILES string of the molecule is c1ccc(-c2ccc3c(-c4nc(-c5ccc6cc(-c7ccc8ccccc8c7)ccc6c5)nc(-c5ccc(-c6ccccc6)c6ccccc56)n4)cccc3c2)cc1. The quantitative estimate of drug-likeness (QED) is 0.171. The first-order valence-corrected chi connectivity index (χ1v) is 19.7. The smallest absolute Gasteiger partial charge is 0.164 e. The first kappa shape index (κ1) is 33.6. The third-order valence-corrected chi connectivity index (χ3v) is 11.3. The molecule has 11 rings (SSSR count). The summed E-state index contributed by atoms with van der Waals surface area (Å²) in [6, 6.07) is 75.4. The van der Waals surface area contributed by atoms with Crippen LogP contribution in [0.5, 0.6) is 0 Å². The van der Waals surface area contributed by atoms with E-state index in [9.17, 15) is 0 Å². The van der Waals surface area contributed by atoms with Crippen molar-refractivity contribution < 1.29 is 0 Å². The average Bonchev–Trinajstić information content (AvgIpc) is 3.30. The van der Waals surface area contributed by atoms with Crippen molar-refractivity contribution in [1.29, 1.82) is 0 Å². The lowest BCUT2D eigenvalue weighted by Gasteiger charge is -2.14. The molecule has 0 N–H and O–H groups in total. The fourth-order valence-corrected chi connectivity index (χ4v) is 8.33. The summed E-state index contributed by atoms with van der Waals surface area (Å²) in [6.07, 6.45) is 0. The monoisotopic (exact) mass is 737 g/mol. The van der Waals surface area contributed by atoms with Crippen LogP contribution in [-0.2, 0) is 0 Å². The van der Waals surface area contributed by atoms with E-state index in [1.807, 2.05) is 0 Å². The second-order valence-corrected chi connectivity index (χ2v) is 14.8. The van der Waals surface area contributed by atoms with Crippen LogP contribution in [0.25, 0.3) is 111 Å². The standard InChI is InChI=1S/C55H35N3/c1-3-12-36(13-4-1)40-28-29-48-45(34-40)18-11-21-51(48)54-56-53(57-55(58-54)52-31-30-47(38-15-5-2-6-16-38)49-19-9-10-20-50(49)52)46-27-26-43-33-42(24-25-44(43)35-46)41-23-22-37-14-7-8-17-39(37)32-41/h1-35H. The van der Waals surface area contributed by atoms with E-state index < -0.39 is 0 Å². The van der Waals surface area contributed by atoms with Crippen molar-refractivity contribution in [3.63, 3.8) is 0 Å². The molecule has 0 atom stereocenters. The Morgan fingerprint density at radius 3 is 1.38 bits per heavy atom. The molecule has 11 aromatic rings. The molecule has 3 nitrogen and oxygen atoms in total. The summed E-state index contributed by atoms with van der Waals surface area (Å²) >= 11 is 0. The van der Waals surface area contributed by atoms with E-state index in [1.165, 1.54) is 44.2 Å². The van der Waals surface area contributed by atoms with Gasteiger partial charge in [-0.3, -0.25) is 0 Å². The predicted octanol–water partition coefficient (Wildman–Crippen LogP) is 14.5. The van der Waals surface area contributed by atoms with Gasteiger partial charge in [0.05, 0.1) is 0 Å². The highest BCUT2D eigenvalue weighted by molar-refractivity contribution is 6.05. The molecule has 10 aromatic carbocycles. The zero-order valence-corrected chi connectivity index (χ0v) is 31.5. The predicted molar refractivity (Wildman–Crippen MR) is 242 cm³/mol. The number of nitrogens with zero attached hydrogens (tertiary/aromatic N) is 3. The molecule has 0 aliphatic heterocycles. The van der Waals surface area contributed by atoms with Gasteiger partial charge in [0.1, 0.15) is 0 Å². The molecule has 0 amide bonds. The Kier molecular flexibility index (Phi) is 8.15. The topological polar surface area (TPSA) is 38.7 Å². The number of fused-ring (bicyclic) bond motifs is 4. The minimum atomic E-state index is 0.634. The molecule has 3 heteroatoms. The van der Waals surface area contributed by atoms with Crippen molar-refractivity contribution in [2.75, 3.05) is 0 Å². The summed E-state index contributed by atoms with van der Waals surface area (Å²) in [6.45, 7) is 0. The highest BCUT2D eigenvalue weighted by Gasteiger charge is 2.18. The Morgan fingerprint density at radius 1 is 0.207 bits per heavy atom. The largest absolute Gasteiger partial charge is 0.208 e. The number of rotatable bonds is 6. The van der Waals surface area contributed by atoms with Crippen molar-refractivity contribution in [2.45, 2.75) is 0 Å². The average molecular weight is 738 g/mol. The van der Waals surface area contributed by atoms with Gasteiger partial charge in [0.15, 0.2) is 17.5 Å². The molecule has 0 bridgehead atoms. The maximum absolute atomic E-state index is 5.29. The van der Waals surface area contributed by atoms with Gasteiger partial charge in [-0.25, -0.2) is 15.0 Å². The van der Waals surface area contributed by atoms with Gasteiger partial charge < -0.3 is 0 Å². The van der Waals surface area contributed by atoms with E-state index in [4.69, 9.17) is 15.0 Å². The van der Waals surface area contributed by atoms with Gasteiger partial charge in [0.2, 0.25) is 0 Å². The highest BCUT2D eigenvalue weighted by atomic mass is 15.0. The number of aromatic nitrogens is 3. The summed E-state index contributed by atoms with van der Waals surface area (Å²) in [4.78, 5) is 15.8.